The first kappa shape index (κ1) is 16.6. The van der Waals surface area contributed by atoms with Gasteiger partial charge in [-0.25, -0.2) is 0 Å². The van der Waals surface area contributed by atoms with Crippen LogP contribution in [0.3, 0.4) is 0 Å². The number of piperidine rings is 1. The van der Waals surface area contributed by atoms with Crippen LogP contribution in [0.4, 0.5) is 0 Å². The van der Waals surface area contributed by atoms with Gasteiger partial charge in [0, 0.05) is 18.7 Å². The Labute approximate surface area is 151 Å². The van der Waals surface area contributed by atoms with Crippen molar-refractivity contribution in [1.82, 2.24) is 9.80 Å². The van der Waals surface area contributed by atoms with Crippen molar-refractivity contribution < 1.29 is 18.8 Å². The molecule has 3 amide bonds. The molecule has 1 atom stereocenters. The Kier molecular flexibility index (Phi) is 4.11. The van der Waals surface area contributed by atoms with E-state index in [1.807, 2.05) is 4.90 Å². The molecule has 0 N–H and O–H groups in total. The number of nitrogens with zero attached hydrogens (tertiary/aromatic N) is 2. The van der Waals surface area contributed by atoms with E-state index in [1.54, 1.807) is 30.3 Å². The van der Waals surface area contributed by atoms with E-state index < -0.39 is 0 Å². The molecule has 26 heavy (non-hydrogen) atoms. The van der Waals surface area contributed by atoms with E-state index in [-0.39, 0.29) is 29.8 Å². The lowest BCUT2D eigenvalue weighted by molar-refractivity contribution is 0.0631. The van der Waals surface area contributed by atoms with E-state index in [4.69, 9.17) is 4.42 Å². The van der Waals surface area contributed by atoms with Gasteiger partial charge in [0.2, 0.25) is 0 Å². The Morgan fingerprint density at radius 3 is 2.73 bits per heavy atom. The number of furan rings is 1. The number of amides is 3. The molecule has 134 valence electrons. The number of hydrogen-bond acceptors (Lipinski definition) is 4. The molecule has 1 aromatic carbocycles. The topological polar surface area (TPSA) is 70.8 Å². The molecular weight excluding hydrogens is 332 g/mol. The van der Waals surface area contributed by atoms with E-state index in [0.717, 1.165) is 30.8 Å². The van der Waals surface area contributed by atoms with Gasteiger partial charge in [-0.15, -0.1) is 0 Å². The zero-order valence-electron chi connectivity index (χ0n) is 14.6. The summed E-state index contributed by atoms with van der Waals surface area (Å²) in [6, 6.07) is 8.21. The van der Waals surface area contributed by atoms with E-state index in [1.165, 1.54) is 6.26 Å². The van der Waals surface area contributed by atoms with Crippen molar-refractivity contribution in [3.8, 4) is 0 Å². The normalized spacial score (nSPS) is 19.8. The lowest BCUT2D eigenvalue weighted by atomic mass is 9.98. The number of likely N-dealkylation sites (tertiary alicyclic amines) is 1. The van der Waals surface area contributed by atoms with Crippen molar-refractivity contribution >= 4 is 17.7 Å². The molecule has 4 rings (SSSR count). The largest absolute Gasteiger partial charge is 0.467 e. The summed E-state index contributed by atoms with van der Waals surface area (Å²) in [6.45, 7) is 3.69. The average molecular weight is 352 g/mol. The first-order chi connectivity index (χ1) is 12.5. The third-order valence-corrected chi connectivity index (χ3v) is 5.06. The van der Waals surface area contributed by atoms with E-state index in [2.05, 4.69) is 6.92 Å². The zero-order chi connectivity index (χ0) is 18.3. The molecule has 2 aliphatic rings. The van der Waals surface area contributed by atoms with Gasteiger partial charge in [-0.1, -0.05) is 6.92 Å². The molecule has 1 fully saturated rings. The van der Waals surface area contributed by atoms with Gasteiger partial charge in [-0.2, -0.15) is 0 Å². The van der Waals surface area contributed by atoms with Crippen molar-refractivity contribution in [3.05, 3.63) is 59.0 Å². The number of hydrogen-bond donors (Lipinski definition) is 0. The highest BCUT2D eigenvalue weighted by Crippen LogP contribution is 2.27. The van der Waals surface area contributed by atoms with E-state index in [0.29, 0.717) is 22.8 Å². The van der Waals surface area contributed by atoms with Crippen LogP contribution in [0.1, 0.15) is 56.6 Å². The lowest BCUT2D eigenvalue weighted by Gasteiger charge is -2.31. The van der Waals surface area contributed by atoms with Crippen LogP contribution < -0.4 is 0 Å². The highest BCUT2D eigenvalue weighted by atomic mass is 16.3. The summed E-state index contributed by atoms with van der Waals surface area (Å²) < 4.78 is 5.24. The Morgan fingerprint density at radius 1 is 1.19 bits per heavy atom. The van der Waals surface area contributed by atoms with Crippen LogP contribution in [0.15, 0.2) is 41.0 Å². The maximum absolute atomic E-state index is 12.8. The van der Waals surface area contributed by atoms with Gasteiger partial charge in [-0.05, 0) is 49.1 Å². The predicted octanol–water partition coefficient (Wildman–Crippen LogP) is 2.95. The number of benzene rings is 1. The number of imide groups is 1. The van der Waals surface area contributed by atoms with Crippen molar-refractivity contribution in [2.45, 2.75) is 26.3 Å². The molecule has 0 aliphatic carbocycles. The zero-order valence-corrected chi connectivity index (χ0v) is 14.6. The van der Waals surface area contributed by atoms with Crippen LogP contribution in [0.5, 0.6) is 0 Å². The Morgan fingerprint density at radius 2 is 2.00 bits per heavy atom. The van der Waals surface area contributed by atoms with Gasteiger partial charge in [0.15, 0.2) is 0 Å². The molecule has 0 saturated carbocycles. The minimum Gasteiger partial charge on any atom is -0.467 e. The fraction of sp³-hybridized carbons (Fsp3) is 0.350. The smallest absolute Gasteiger partial charge is 0.261 e. The summed E-state index contributed by atoms with van der Waals surface area (Å²) in [5, 5.41) is 0. The lowest BCUT2D eigenvalue weighted by Crippen LogP contribution is -2.39. The molecule has 6 heteroatoms. The summed E-state index contributed by atoms with van der Waals surface area (Å²) in [4.78, 5) is 41.0. The standard InChI is InChI=1S/C20H20N2O4/c1-13-4-2-8-21(11-13)18(23)14-6-7-16-17(10-14)20(25)22(19(16)24)12-15-5-3-9-26-15/h3,5-7,9-10,13H,2,4,8,11-12H2,1H3/t13-/m1/s1. The van der Waals surface area contributed by atoms with Gasteiger partial charge in [0.1, 0.15) is 5.76 Å². The van der Waals surface area contributed by atoms with E-state index >= 15 is 0 Å². The van der Waals surface area contributed by atoms with E-state index in [9.17, 15) is 14.4 Å². The van der Waals surface area contributed by atoms with Gasteiger partial charge in [-0.3, -0.25) is 19.3 Å². The second-order valence-corrected chi connectivity index (χ2v) is 7.03. The molecule has 0 unspecified atom stereocenters. The molecule has 0 spiro atoms. The molecule has 2 aromatic rings. The summed E-state index contributed by atoms with van der Waals surface area (Å²) in [6.07, 6.45) is 3.62. The molecule has 6 nitrogen and oxygen atoms in total. The Bertz CT molecular complexity index is 872. The van der Waals surface area contributed by atoms with Crippen LogP contribution in [0.25, 0.3) is 0 Å². The minimum atomic E-state index is -0.386. The molecule has 1 saturated heterocycles. The second kappa shape index (κ2) is 6.44. The third kappa shape index (κ3) is 2.81. The minimum absolute atomic E-state index is 0.0796. The average Bonchev–Trinajstić information content (AvgIpc) is 3.24. The van der Waals surface area contributed by atoms with Gasteiger partial charge < -0.3 is 9.32 Å². The molecule has 1 aromatic heterocycles. The number of rotatable bonds is 3. The quantitative estimate of drug-likeness (QED) is 0.796. The maximum atomic E-state index is 12.8. The summed E-state index contributed by atoms with van der Waals surface area (Å²) >= 11 is 0. The number of carbonyl (C=O) groups is 3. The summed E-state index contributed by atoms with van der Waals surface area (Å²) in [5.74, 6) is 0.200. The third-order valence-electron chi connectivity index (χ3n) is 5.06. The van der Waals surface area contributed by atoms with Crippen molar-refractivity contribution in [3.63, 3.8) is 0 Å². The fourth-order valence-corrected chi connectivity index (χ4v) is 3.68. The first-order valence-electron chi connectivity index (χ1n) is 8.86. The van der Waals surface area contributed by atoms with Crippen molar-refractivity contribution in [2.24, 2.45) is 5.92 Å². The van der Waals surface area contributed by atoms with Crippen LogP contribution in [0, 0.1) is 5.92 Å². The molecule has 2 aliphatic heterocycles. The molecule has 0 bridgehead atoms. The predicted molar refractivity (Wildman–Crippen MR) is 93.7 cm³/mol. The first-order valence-corrected chi connectivity index (χ1v) is 8.86. The van der Waals surface area contributed by atoms with Gasteiger partial charge in [0.05, 0.1) is 23.9 Å². The Balaban J connectivity index is 1.58. The molecule has 0 radical (unpaired) electrons. The number of carbonyl (C=O) groups excluding carboxylic acids is 3. The molecular formula is C20H20N2O4. The van der Waals surface area contributed by atoms with Crippen molar-refractivity contribution in [2.75, 3.05) is 13.1 Å². The highest BCUT2D eigenvalue weighted by Gasteiger charge is 2.37. The highest BCUT2D eigenvalue weighted by molar-refractivity contribution is 6.22. The fourth-order valence-electron chi connectivity index (χ4n) is 3.68. The summed E-state index contributed by atoms with van der Waals surface area (Å²) in [5.41, 5.74) is 1.08. The monoisotopic (exact) mass is 352 g/mol. The van der Waals surface area contributed by atoms with Gasteiger partial charge >= 0.3 is 0 Å². The Hall–Kier alpha value is -2.89. The maximum Gasteiger partial charge on any atom is 0.261 e. The van der Waals surface area contributed by atoms with Crippen LogP contribution in [0.2, 0.25) is 0 Å². The number of fused-ring (bicyclic) bond motifs is 1. The molecule has 3 heterocycles. The van der Waals surface area contributed by atoms with Crippen LogP contribution in [-0.4, -0.2) is 40.6 Å². The van der Waals surface area contributed by atoms with Crippen LogP contribution >= 0.6 is 0 Å². The van der Waals surface area contributed by atoms with Crippen molar-refractivity contribution in [1.29, 1.82) is 0 Å². The van der Waals surface area contributed by atoms with Crippen LogP contribution in [-0.2, 0) is 6.54 Å². The van der Waals surface area contributed by atoms with Gasteiger partial charge in [0.25, 0.3) is 17.7 Å². The summed E-state index contributed by atoms with van der Waals surface area (Å²) in [7, 11) is 0. The SMILES string of the molecule is C[C@@H]1CCCN(C(=O)c2ccc3c(c2)C(=O)N(Cc2ccco2)C3=O)C1. The second-order valence-electron chi connectivity index (χ2n) is 7.03.